The largest absolute Gasteiger partial charge is 0.469 e. The van der Waals surface area contributed by atoms with Crippen molar-refractivity contribution in [3.05, 3.63) is 11.6 Å². The lowest BCUT2D eigenvalue weighted by Gasteiger charge is -2.61. The minimum Gasteiger partial charge on any atom is -0.469 e. The van der Waals surface area contributed by atoms with Crippen molar-refractivity contribution in [1.82, 2.24) is 0 Å². The van der Waals surface area contributed by atoms with Crippen LogP contribution in [0.2, 0.25) is 0 Å². The van der Waals surface area contributed by atoms with Gasteiger partial charge in [0.25, 0.3) is 0 Å². The zero-order valence-electron chi connectivity index (χ0n) is 20.2. The Morgan fingerprint density at radius 3 is 2.52 bits per heavy atom. The van der Waals surface area contributed by atoms with E-state index < -0.39 is 0 Å². The monoisotopic (exact) mass is 430 g/mol. The normalized spacial score (nSPS) is 46.8. The molecule has 2 unspecified atom stereocenters. The van der Waals surface area contributed by atoms with E-state index in [9.17, 15) is 14.7 Å². The van der Waals surface area contributed by atoms with Gasteiger partial charge in [0.15, 0.2) is 5.78 Å². The molecular weight excluding hydrogens is 388 g/mol. The molecule has 0 spiro atoms. The predicted molar refractivity (Wildman–Crippen MR) is 121 cm³/mol. The number of ketones is 1. The number of hydrogen-bond donors (Lipinski definition) is 1. The van der Waals surface area contributed by atoms with Gasteiger partial charge in [0, 0.05) is 12.3 Å². The molecule has 174 valence electrons. The number of esters is 1. The van der Waals surface area contributed by atoms with E-state index in [0.29, 0.717) is 35.9 Å². The lowest BCUT2D eigenvalue weighted by Crippen LogP contribution is -2.58. The van der Waals surface area contributed by atoms with Crippen molar-refractivity contribution in [2.75, 3.05) is 7.11 Å². The molecule has 4 saturated carbocycles. The Kier molecular flexibility index (Phi) is 6.17. The molecule has 0 bridgehead atoms. The van der Waals surface area contributed by atoms with E-state index in [0.717, 1.165) is 44.1 Å². The lowest BCUT2D eigenvalue weighted by atomic mass is 9.43. The molecule has 0 radical (unpaired) electrons. The molecule has 31 heavy (non-hydrogen) atoms. The Morgan fingerprint density at radius 2 is 1.84 bits per heavy atom. The Morgan fingerprint density at radius 1 is 1.16 bits per heavy atom. The molecule has 0 aliphatic heterocycles. The number of hydrogen-bond acceptors (Lipinski definition) is 4. The second kappa shape index (κ2) is 8.32. The fourth-order valence-corrected chi connectivity index (χ4v) is 8.81. The van der Waals surface area contributed by atoms with Crippen molar-refractivity contribution in [1.29, 1.82) is 0 Å². The van der Waals surface area contributed by atoms with Gasteiger partial charge in [-0.1, -0.05) is 26.8 Å². The summed E-state index contributed by atoms with van der Waals surface area (Å²) in [4.78, 5) is 25.6. The van der Waals surface area contributed by atoms with Gasteiger partial charge in [0.1, 0.15) is 0 Å². The standard InChI is InChI=1S/C27H42O4/c1-6-18-22-15-17(28)11-13-27(22,4)21-12-14-26(3)19(16(2)7-10-23(29)31-5)8-9-20(26)24(21)25(18)30/h6,16-17,19-22,24,28H,7-15H2,1-5H3/t16-,17-,19-,20?,21?,22+,24+,26-,27-/m1/s1. The summed E-state index contributed by atoms with van der Waals surface area (Å²) in [6.45, 7) is 9.18. The van der Waals surface area contributed by atoms with Crippen molar-refractivity contribution >= 4 is 11.8 Å². The third kappa shape index (κ3) is 3.52. The highest BCUT2D eigenvalue weighted by molar-refractivity contribution is 5.99. The Labute approximate surface area is 188 Å². The van der Waals surface area contributed by atoms with Gasteiger partial charge < -0.3 is 9.84 Å². The highest BCUT2D eigenvalue weighted by Crippen LogP contribution is 2.68. The van der Waals surface area contributed by atoms with E-state index in [1.54, 1.807) is 0 Å². The number of Topliss-reactive ketones (excluding diaryl/α,β-unsaturated/α-hetero) is 1. The van der Waals surface area contributed by atoms with Crippen molar-refractivity contribution in [3.63, 3.8) is 0 Å². The van der Waals surface area contributed by atoms with E-state index in [-0.39, 0.29) is 34.7 Å². The summed E-state index contributed by atoms with van der Waals surface area (Å²) >= 11 is 0. The van der Waals surface area contributed by atoms with Crippen LogP contribution in [0.15, 0.2) is 11.6 Å². The van der Waals surface area contributed by atoms with Crippen LogP contribution >= 0.6 is 0 Å². The average Bonchev–Trinajstić information content (AvgIpc) is 3.10. The van der Waals surface area contributed by atoms with Crippen LogP contribution < -0.4 is 0 Å². The maximum Gasteiger partial charge on any atom is 0.305 e. The first-order chi connectivity index (χ1) is 14.7. The zero-order chi connectivity index (χ0) is 22.6. The van der Waals surface area contributed by atoms with Gasteiger partial charge in [-0.2, -0.15) is 0 Å². The van der Waals surface area contributed by atoms with Crippen LogP contribution in [0.3, 0.4) is 0 Å². The maximum absolute atomic E-state index is 13.9. The van der Waals surface area contributed by atoms with E-state index in [2.05, 4.69) is 26.8 Å². The molecule has 0 saturated heterocycles. The highest BCUT2D eigenvalue weighted by Gasteiger charge is 2.64. The minimum atomic E-state index is -0.266. The third-order valence-electron chi connectivity index (χ3n) is 10.5. The highest BCUT2D eigenvalue weighted by atomic mass is 16.5. The Bertz CT molecular complexity index is 756. The van der Waals surface area contributed by atoms with Gasteiger partial charge in [-0.3, -0.25) is 9.59 Å². The summed E-state index contributed by atoms with van der Waals surface area (Å²) in [5.74, 6) is 2.57. The fraction of sp³-hybridized carbons (Fsp3) is 0.852. The first-order valence-electron chi connectivity index (χ1n) is 12.6. The van der Waals surface area contributed by atoms with Gasteiger partial charge in [0.05, 0.1) is 13.2 Å². The number of fused-ring (bicyclic) bond motifs is 5. The van der Waals surface area contributed by atoms with Crippen molar-refractivity contribution in [2.24, 2.45) is 46.3 Å². The predicted octanol–water partition coefficient (Wildman–Crippen LogP) is 5.33. The number of rotatable bonds is 4. The number of allylic oxidation sites excluding steroid dienone is 2. The van der Waals surface area contributed by atoms with Crippen LogP contribution in [-0.4, -0.2) is 30.1 Å². The number of aliphatic hydroxyl groups is 1. The van der Waals surface area contributed by atoms with Gasteiger partial charge in [-0.25, -0.2) is 0 Å². The minimum absolute atomic E-state index is 0.117. The molecule has 1 N–H and O–H groups in total. The van der Waals surface area contributed by atoms with Crippen LogP contribution in [-0.2, 0) is 14.3 Å². The summed E-state index contributed by atoms with van der Waals surface area (Å²) in [7, 11) is 1.47. The first-order valence-corrected chi connectivity index (χ1v) is 12.6. The smallest absolute Gasteiger partial charge is 0.305 e. The molecule has 0 aromatic rings. The number of carbonyl (C=O) groups is 2. The topological polar surface area (TPSA) is 63.6 Å². The number of aliphatic hydroxyl groups excluding tert-OH is 1. The van der Waals surface area contributed by atoms with Crippen molar-refractivity contribution in [2.45, 2.75) is 91.6 Å². The number of methoxy groups -OCH3 is 1. The summed E-state index contributed by atoms with van der Waals surface area (Å²) in [6.07, 6.45) is 10.4. The summed E-state index contributed by atoms with van der Waals surface area (Å²) in [5.41, 5.74) is 1.33. The molecule has 4 aliphatic rings. The van der Waals surface area contributed by atoms with E-state index in [4.69, 9.17) is 4.74 Å². The van der Waals surface area contributed by atoms with E-state index in [1.807, 2.05) is 6.92 Å². The second-order valence-electron chi connectivity index (χ2n) is 11.7. The van der Waals surface area contributed by atoms with Crippen LogP contribution in [0.1, 0.15) is 85.5 Å². The van der Waals surface area contributed by atoms with E-state index in [1.165, 1.54) is 20.0 Å². The number of carbonyl (C=O) groups excluding carboxylic acids is 2. The molecule has 0 aromatic heterocycles. The molecule has 0 amide bonds. The fourth-order valence-electron chi connectivity index (χ4n) is 8.81. The second-order valence-corrected chi connectivity index (χ2v) is 11.7. The van der Waals surface area contributed by atoms with Gasteiger partial charge >= 0.3 is 5.97 Å². The summed E-state index contributed by atoms with van der Waals surface area (Å²) in [5, 5.41) is 10.4. The molecule has 4 nitrogen and oxygen atoms in total. The Hall–Kier alpha value is -1.16. The first kappa shape index (κ1) is 23.0. The maximum atomic E-state index is 13.9. The molecule has 0 aromatic carbocycles. The van der Waals surface area contributed by atoms with Crippen LogP contribution in [0.5, 0.6) is 0 Å². The van der Waals surface area contributed by atoms with Crippen molar-refractivity contribution in [3.8, 4) is 0 Å². The SMILES string of the molecule is CC=C1C(=O)[C@H]2C3CC[C@H]([C@H](C)CCC(=O)OC)[C@@]3(C)CCC2[C@@]2(C)CC[C@@H](O)C[C@@H]12. The molecule has 4 heteroatoms. The molecule has 9 atom stereocenters. The third-order valence-corrected chi connectivity index (χ3v) is 10.5. The molecule has 4 fully saturated rings. The molecular formula is C27H42O4. The summed E-state index contributed by atoms with van der Waals surface area (Å²) in [6, 6.07) is 0. The van der Waals surface area contributed by atoms with Crippen molar-refractivity contribution < 1.29 is 19.4 Å². The van der Waals surface area contributed by atoms with Gasteiger partial charge in [0.2, 0.25) is 0 Å². The van der Waals surface area contributed by atoms with Crippen LogP contribution in [0.25, 0.3) is 0 Å². The molecule has 4 aliphatic carbocycles. The van der Waals surface area contributed by atoms with Crippen LogP contribution in [0.4, 0.5) is 0 Å². The quantitative estimate of drug-likeness (QED) is 0.484. The summed E-state index contributed by atoms with van der Waals surface area (Å²) < 4.78 is 4.87. The molecule has 0 heterocycles. The average molecular weight is 431 g/mol. The van der Waals surface area contributed by atoms with Crippen LogP contribution in [0, 0.1) is 46.3 Å². The van der Waals surface area contributed by atoms with Gasteiger partial charge in [-0.05, 0) is 104 Å². The van der Waals surface area contributed by atoms with E-state index >= 15 is 0 Å². The zero-order valence-corrected chi connectivity index (χ0v) is 20.2. The van der Waals surface area contributed by atoms with Gasteiger partial charge in [-0.15, -0.1) is 0 Å². The number of ether oxygens (including phenoxy) is 1. The molecule has 4 rings (SSSR count). The lowest BCUT2D eigenvalue weighted by molar-refractivity contribution is -0.150. The Balaban J connectivity index is 1.61.